The Morgan fingerprint density at radius 1 is 0.243 bits per heavy atom. The van der Waals surface area contributed by atoms with Crippen LogP contribution >= 0.6 is 31.9 Å². The summed E-state index contributed by atoms with van der Waals surface area (Å²) < 4.78 is 2.32. The average Bonchev–Trinajstić information content (AvgIpc) is 3.33. The Hall–Kier alpha value is -5.68. The predicted octanol–water partition coefficient (Wildman–Crippen LogP) is 19.0. The van der Waals surface area contributed by atoms with Crippen LogP contribution in [-0.4, -0.2) is 0 Å². The fourth-order valence-electron chi connectivity index (χ4n) is 14.0. The number of benzene rings is 8. The molecule has 0 N–H and O–H groups in total. The minimum atomic E-state index is -0.170. The van der Waals surface area contributed by atoms with Gasteiger partial charge in [0.25, 0.3) is 0 Å². The Kier molecular flexibility index (Phi) is 8.88. The Morgan fingerprint density at radius 2 is 0.457 bits per heavy atom. The first-order chi connectivity index (χ1) is 33.1. The number of anilines is 6. The minimum Gasteiger partial charge on any atom is -0.309 e. The van der Waals surface area contributed by atoms with Crippen LogP contribution in [0.4, 0.5) is 34.1 Å². The summed E-state index contributed by atoms with van der Waals surface area (Å²) in [7, 11) is 0. The predicted molar refractivity (Wildman–Crippen MR) is 301 cm³/mol. The maximum absolute atomic E-state index is 3.84. The molecule has 14 rings (SSSR count). The molecule has 0 saturated carbocycles. The normalized spacial score (nSPS) is 18.8. The third kappa shape index (κ3) is 5.50. The van der Waals surface area contributed by atoms with Crippen molar-refractivity contribution in [3.8, 4) is 22.3 Å². The van der Waals surface area contributed by atoms with Gasteiger partial charge in [0.05, 0.1) is 34.1 Å². The third-order valence-electron chi connectivity index (χ3n) is 18.1. The summed E-state index contributed by atoms with van der Waals surface area (Å²) in [6.07, 6.45) is 0. The molecule has 0 amide bonds. The highest BCUT2D eigenvalue weighted by atomic mass is 79.9. The van der Waals surface area contributed by atoms with E-state index >= 15 is 0 Å². The third-order valence-corrected chi connectivity index (χ3v) is 19.0. The highest BCUT2D eigenvalue weighted by molar-refractivity contribution is 9.10. The summed E-state index contributed by atoms with van der Waals surface area (Å²) in [5, 5.41) is 0. The van der Waals surface area contributed by atoms with E-state index in [1.54, 1.807) is 0 Å². The number of rotatable bonds is 2. The van der Waals surface area contributed by atoms with Crippen LogP contribution in [0.25, 0.3) is 22.3 Å². The van der Waals surface area contributed by atoms with Crippen molar-refractivity contribution in [2.45, 2.75) is 116 Å². The molecule has 0 spiro atoms. The molecule has 6 aliphatic rings. The molecule has 6 heterocycles. The zero-order valence-electron chi connectivity index (χ0n) is 42.5. The number of hydrogen-bond donors (Lipinski definition) is 0. The molecule has 8 aromatic rings. The van der Waals surface area contributed by atoms with Crippen molar-refractivity contribution in [3.63, 3.8) is 0 Å². The molecule has 0 radical (unpaired) electrons. The van der Waals surface area contributed by atoms with Gasteiger partial charge in [0.2, 0.25) is 0 Å². The molecule has 4 heteroatoms. The van der Waals surface area contributed by atoms with E-state index in [1.165, 1.54) is 123 Å². The molecule has 0 unspecified atom stereocenters. The lowest BCUT2D eigenvalue weighted by atomic mass is 9.60. The first-order valence-corrected chi connectivity index (χ1v) is 26.7. The summed E-state index contributed by atoms with van der Waals surface area (Å²) in [5.74, 6) is 0. The molecule has 0 fully saturated rings. The summed E-state index contributed by atoms with van der Waals surface area (Å²) in [6, 6.07) is 55.0. The van der Waals surface area contributed by atoms with Gasteiger partial charge in [-0.1, -0.05) is 212 Å². The van der Waals surface area contributed by atoms with Gasteiger partial charge in [0.1, 0.15) is 0 Å². The number of halogens is 2. The van der Waals surface area contributed by atoms with Crippen LogP contribution in [0.15, 0.2) is 155 Å². The van der Waals surface area contributed by atoms with Crippen LogP contribution < -0.4 is 9.80 Å². The van der Waals surface area contributed by atoms with Crippen molar-refractivity contribution in [2.24, 2.45) is 0 Å². The van der Waals surface area contributed by atoms with E-state index in [-0.39, 0.29) is 32.5 Å². The van der Waals surface area contributed by atoms with Crippen LogP contribution in [0, 0.1) is 0 Å². The van der Waals surface area contributed by atoms with Gasteiger partial charge in [0.15, 0.2) is 0 Å². The van der Waals surface area contributed by atoms with Crippen molar-refractivity contribution in [1.29, 1.82) is 0 Å². The van der Waals surface area contributed by atoms with Crippen molar-refractivity contribution in [1.82, 2.24) is 0 Å². The van der Waals surface area contributed by atoms with Crippen molar-refractivity contribution >= 4 is 66.0 Å². The molecule has 8 aromatic carbocycles. The molecule has 0 bridgehead atoms. The maximum Gasteiger partial charge on any atom is 0.0544 e. The highest BCUT2D eigenvalue weighted by Gasteiger charge is 2.54. The quantitative estimate of drug-likeness (QED) is 0.170. The largest absolute Gasteiger partial charge is 0.309 e. The zero-order valence-corrected chi connectivity index (χ0v) is 45.7. The molecule has 0 aromatic heterocycles. The molecule has 6 aliphatic heterocycles. The van der Waals surface area contributed by atoms with Gasteiger partial charge in [-0.15, -0.1) is 0 Å². The molecule has 348 valence electrons. The van der Waals surface area contributed by atoms with Gasteiger partial charge in [-0.3, -0.25) is 0 Å². The monoisotopic (exact) mass is 1040 g/mol. The maximum atomic E-state index is 3.84. The van der Waals surface area contributed by atoms with Crippen molar-refractivity contribution in [2.75, 3.05) is 9.80 Å². The van der Waals surface area contributed by atoms with Gasteiger partial charge in [0, 0.05) is 41.4 Å². The number of nitrogens with zero attached hydrogens (tertiary/aromatic N) is 2. The van der Waals surface area contributed by atoms with Gasteiger partial charge < -0.3 is 9.80 Å². The smallest absolute Gasteiger partial charge is 0.0544 e. The Labute approximate surface area is 432 Å². The van der Waals surface area contributed by atoms with E-state index in [4.69, 9.17) is 0 Å². The second-order valence-corrected chi connectivity index (χ2v) is 25.9. The molecular weight excluding hydrogens is 981 g/mol. The summed E-state index contributed by atoms with van der Waals surface area (Å²) in [5.41, 5.74) is 29.9. The van der Waals surface area contributed by atoms with Gasteiger partial charge in [-0.2, -0.15) is 0 Å². The molecule has 0 saturated heterocycles. The van der Waals surface area contributed by atoms with Crippen LogP contribution in [0.1, 0.15) is 150 Å². The fourth-order valence-corrected chi connectivity index (χ4v) is 14.9. The first kappa shape index (κ1) is 44.3. The molecule has 70 heavy (non-hydrogen) atoms. The topological polar surface area (TPSA) is 6.48 Å². The SMILES string of the molecule is CC1(C)c2cccc3c2N2c4c1cc(-c1ccccc1)cc4C(C)(C)c1cc(-c4ccccc4)cc(c12)C3(C)C.CC1(C)c2cccc3c2N2c4c1cc(Br)cc4C(C)(C)c1cc(Br)cc(c12)C3(C)C. The van der Waals surface area contributed by atoms with E-state index in [2.05, 4.69) is 270 Å². The second kappa shape index (κ2) is 14.0. The van der Waals surface area contributed by atoms with Gasteiger partial charge in [-0.05, 0) is 138 Å². The fraction of sp³-hybridized carbons (Fsp3) is 0.273. The lowest BCUT2D eigenvalue weighted by molar-refractivity contribution is 0.565. The zero-order chi connectivity index (χ0) is 49.0. The summed E-state index contributed by atoms with van der Waals surface area (Å²) in [4.78, 5) is 5.26. The van der Waals surface area contributed by atoms with Crippen LogP contribution in [0.2, 0.25) is 0 Å². The van der Waals surface area contributed by atoms with E-state index in [9.17, 15) is 0 Å². The van der Waals surface area contributed by atoms with Crippen molar-refractivity contribution < 1.29 is 0 Å². The van der Waals surface area contributed by atoms with Crippen LogP contribution in [-0.2, 0) is 32.5 Å². The van der Waals surface area contributed by atoms with Crippen LogP contribution in [0.3, 0.4) is 0 Å². The van der Waals surface area contributed by atoms with E-state index in [0.29, 0.717) is 0 Å². The average molecular weight is 1040 g/mol. The first-order valence-electron chi connectivity index (χ1n) is 25.1. The van der Waals surface area contributed by atoms with Gasteiger partial charge >= 0.3 is 0 Å². The second-order valence-electron chi connectivity index (χ2n) is 24.1. The molecular formula is C66H60Br2N2. The van der Waals surface area contributed by atoms with E-state index in [1.807, 2.05) is 0 Å². The molecule has 0 aliphatic carbocycles. The summed E-state index contributed by atoms with van der Waals surface area (Å²) in [6.45, 7) is 28.9. The standard InChI is InChI=1S/C39H35N.C27H25Br2N/c1-37(2)28-18-13-19-29-34(28)40-35-30(37)20-26(24-14-9-7-10-15-24)22-32(35)39(5,6)33-23-27(25-16-11-8-12-17-25)21-31(36(33)40)38(29,3)4;1-25(2)16-8-7-9-17-22(16)30-23-18(25)10-14(28)12-20(23)27(5,6)21-13-15(29)11-19(24(21)30)26(17,3)4/h7-23H,1-6H3;7-13H,1-6H3. The Bertz CT molecular complexity index is 3400. The lowest BCUT2D eigenvalue weighted by Gasteiger charge is -2.55. The molecule has 0 atom stereocenters. The number of hydrogen-bond acceptors (Lipinski definition) is 2. The van der Waals surface area contributed by atoms with Gasteiger partial charge in [-0.25, -0.2) is 0 Å². The van der Waals surface area contributed by atoms with E-state index in [0.717, 1.165) is 8.95 Å². The number of para-hydroxylation sites is 2. The lowest BCUT2D eigenvalue weighted by Crippen LogP contribution is -2.43. The highest BCUT2D eigenvalue weighted by Crippen LogP contribution is 2.69. The Balaban J connectivity index is 0.000000143. The van der Waals surface area contributed by atoms with Crippen LogP contribution in [0.5, 0.6) is 0 Å². The minimum absolute atomic E-state index is 0.0633. The summed E-state index contributed by atoms with van der Waals surface area (Å²) >= 11 is 7.68. The molecule has 2 nitrogen and oxygen atoms in total. The Morgan fingerprint density at radius 3 is 0.714 bits per heavy atom. The van der Waals surface area contributed by atoms with E-state index < -0.39 is 0 Å². The van der Waals surface area contributed by atoms with Crippen molar-refractivity contribution in [3.05, 3.63) is 221 Å².